The molecule has 0 aromatic carbocycles. The Hall–Kier alpha value is -1.86. The van der Waals surface area contributed by atoms with E-state index in [9.17, 15) is 4.79 Å². The summed E-state index contributed by atoms with van der Waals surface area (Å²) in [4.78, 5) is 14.2. The van der Waals surface area contributed by atoms with Crippen molar-refractivity contribution in [2.45, 2.75) is 0 Å². The number of nitrogens with two attached hydrogens (primary N) is 1. The monoisotopic (exact) mass is 207 g/mol. The maximum Gasteiger partial charge on any atom is 0.241 e. The van der Waals surface area contributed by atoms with Crippen molar-refractivity contribution in [2.75, 3.05) is 0 Å². The molecule has 0 fully saturated rings. The lowest BCUT2D eigenvalue weighted by Crippen LogP contribution is -2.05. The smallest absolute Gasteiger partial charge is 0.241 e. The largest absolute Gasteiger partial charge is 0.366 e. The van der Waals surface area contributed by atoms with Gasteiger partial charge in [0.1, 0.15) is 11.2 Å². The predicted octanol–water partition coefficient (Wildman–Crippen LogP) is 1.11. The number of carbonyl (C=O) groups excluding carboxylic acids is 1. The van der Waals surface area contributed by atoms with Crippen molar-refractivity contribution >= 4 is 23.6 Å². The first-order valence-electron chi connectivity index (χ1n) is 3.66. The number of amides is 1. The topological polar surface area (TPSA) is 79.8 Å². The van der Waals surface area contributed by atoms with Gasteiger partial charge in [-0.3, -0.25) is 4.79 Å². The maximum absolute atomic E-state index is 10.4. The molecule has 1 aromatic rings. The van der Waals surface area contributed by atoms with Crippen molar-refractivity contribution in [3.8, 4) is 6.07 Å². The van der Waals surface area contributed by atoms with Gasteiger partial charge in [0.25, 0.3) is 0 Å². The minimum Gasteiger partial charge on any atom is -0.366 e. The van der Waals surface area contributed by atoms with Gasteiger partial charge < -0.3 is 5.73 Å². The van der Waals surface area contributed by atoms with Gasteiger partial charge in [0, 0.05) is 17.8 Å². The lowest BCUT2D eigenvalue weighted by molar-refractivity contribution is -0.113. The van der Waals surface area contributed by atoms with E-state index in [0.29, 0.717) is 11.1 Å². The fourth-order valence-electron chi connectivity index (χ4n) is 0.815. The van der Waals surface area contributed by atoms with Crippen molar-refractivity contribution in [3.05, 3.63) is 34.6 Å². The van der Waals surface area contributed by atoms with E-state index in [1.54, 1.807) is 0 Å². The fraction of sp³-hybridized carbons (Fsp3) is 0. The molecule has 1 aromatic heterocycles. The second-order valence-corrected chi connectivity index (χ2v) is 2.81. The molecule has 0 aliphatic heterocycles. The number of aromatic nitrogens is 1. The zero-order chi connectivity index (χ0) is 10.6. The molecule has 0 unspecified atom stereocenters. The van der Waals surface area contributed by atoms with Gasteiger partial charge in [0.15, 0.2) is 0 Å². The second kappa shape index (κ2) is 4.40. The molecule has 14 heavy (non-hydrogen) atoms. The first kappa shape index (κ1) is 10.2. The van der Waals surface area contributed by atoms with Crippen LogP contribution in [-0.2, 0) is 4.79 Å². The zero-order valence-corrected chi connectivity index (χ0v) is 7.82. The van der Waals surface area contributed by atoms with Crippen molar-refractivity contribution in [3.63, 3.8) is 0 Å². The van der Waals surface area contributed by atoms with Crippen LogP contribution in [0.15, 0.2) is 18.3 Å². The van der Waals surface area contributed by atoms with Crippen LogP contribution in [0, 0.1) is 11.3 Å². The third-order valence-corrected chi connectivity index (χ3v) is 1.74. The number of nitriles is 1. The summed E-state index contributed by atoms with van der Waals surface area (Å²) in [5.41, 5.74) is 5.77. The molecular weight excluding hydrogens is 202 g/mol. The third-order valence-electron chi connectivity index (χ3n) is 1.42. The van der Waals surface area contributed by atoms with Crippen LogP contribution in [0.25, 0.3) is 6.08 Å². The standard InChI is InChI=1S/C9H6ClN3O/c10-9-7(1-2-8(12)14)3-6(4-11)5-13-9/h1-3,5H,(H2,12,14). The highest BCUT2D eigenvalue weighted by atomic mass is 35.5. The molecule has 0 atom stereocenters. The molecule has 0 radical (unpaired) electrons. The SMILES string of the molecule is N#Cc1cnc(Cl)c(C=CC(N)=O)c1. The maximum atomic E-state index is 10.4. The summed E-state index contributed by atoms with van der Waals surface area (Å²) in [5, 5.41) is 8.81. The Balaban J connectivity index is 3.08. The summed E-state index contributed by atoms with van der Waals surface area (Å²) < 4.78 is 0. The Kier molecular flexibility index (Phi) is 3.21. The van der Waals surface area contributed by atoms with E-state index in [0.717, 1.165) is 6.08 Å². The second-order valence-electron chi connectivity index (χ2n) is 2.45. The number of carbonyl (C=O) groups is 1. The van der Waals surface area contributed by atoms with Gasteiger partial charge in [0.2, 0.25) is 5.91 Å². The molecule has 1 rings (SSSR count). The average Bonchev–Trinajstić information content (AvgIpc) is 2.16. The Labute approximate surface area is 85.6 Å². The molecule has 1 heterocycles. The minimum atomic E-state index is -0.580. The van der Waals surface area contributed by atoms with Gasteiger partial charge in [0.05, 0.1) is 5.56 Å². The summed E-state index contributed by atoms with van der Waals surface area (Å²) in [6.45, 7) is 0. The molecule has 5 heteroatoms. The summed E-state index contributed by atoms with van der Waals surface area (Å²) >= 11 is 5.71. The lowest BCUT2D eigenvalue weighted by atomic mass is 10.2. The van der Waals surface area contributed by atoms with Crippen LogP contribution in [-0.4, -0.2) is 10.9 Å². The van der Waals surface area contributed by atoms with E-state index in [1.807, 2.05) is 6.07 Å². The molecule has 0 aliphatic carbocycles. The average molecular weight is 208 g/mol. The molecule has 0 bridgehead atoms. The number of pyridine rings is 1. The summed E-state index contributed by atoms with van der Waals surface area (Å²) in [6, 6.07) is 3.43. The molecule has 2 N–H and O–H groups in total. The van der Waals surface area contributed by atoms with E-state index in [1.165, 1.54) is 18.3 Å². The molecule has 1 amide bonds. The molecule has 4 nitrogen and oxygen atoms in total. The van der Waals surface area contributed by atoms with Crippen molar-refractivity contribution < 1.29 is 4.79 Å². The highest BCUT2D eigenvalue weighted by Crippen LogP contribution is 2.15. The van der Waals surface area contributed by atoms with Crippen LogP contribution in [0.2, 0.25) is 5.15 Å². The van der Waals surface area contributed by atoms with Gasteiger partial charge in [-0.2, -0.15) is 5.26 Å². The van der Waals surface area contributed by atoms with E-state index >= 15 is 0 Å². The summed E-state index contributed by atoms with van der Waals surface area (Å²) in [5.74, 6) is -0.580. The minimum absolute atomic E-state index is 0.224. The van der Waals surface area contributed by atoms with E-state index in [2.05, 4.69) is 4.98 Å². The van der Waals surface area contributed by atoms with Crippen LogP contribution in [0.4, 0.5) is 0 Å². The van der Waals surface area contributed by atoms with Crippen LogP contribution >= 0.6 is 11.6 Å². The predicted molar refractivity (Wildman–Crippen MR) is 52.2 cm³/mol. The van der Waals surface area contributed by atoms with Crippen LogP contribution in [0.5, 0.6) is 0 Å². The van der Waals surface area contributed by atoms with Gasteiger partial charge in [-0.05, 0) is 12.1 Å². The lowest BCUT2D eigenvalue weighted by Gasteiger charge is -1.96. The molecule has 0 aliphatic rings. The van der Waals surface area contributed by atoms with Crippen molar-refractivity contribution in [1.29, 1.82) is 5.26 Å². The van der Waals surface area contributed by atoms with Gasteiger partial charge in [-0.25, -0.2) is 4.98 Å². The molecular formula is C9H6ClN3O. The van der Waals surface area contributed by atoms with Gasteiger partial charge in [-0.1, -0.05) is 11.6 Å². The first-order valence-corrected chi connectivity index (χ1v) is 4.04. The van der Waals surface area contributed by atoms with Crippen LogP contribution < -0.4 is 5.73 Å². The van der Waals surface area contributed by atoms with Crippen molar-refractivity contribution in [2.24, 2.45) is 5.73 Å². The van der Waals surface area contributed by atoms with Crippen LogP contribution in [0.3, 0.4) is 0 Å². The number of nitrogens with zero attached hydrogens (tertiary/aromatic N) is 2. The number of rotatable bonds is 2. The molecule has 0 saturated heterocycles. The highest BCUT2D eigenvalue weighted by Gasteiger charge is 2.00. The number of primary amides is 1. The highest BCUT2D eigenvalue weighted by molar-refractivity contribution is 6.30. The third kappa shape index (κ3) is 2.57. The summed E-state index contributed by atoms with van der Waals surface area (Å²) in [7, 11) is 0. The Morgan fingerprint density at radius 2 is 2.43 bits per heavy atom. The van der Waals surface area contributed by atoms with E-state index in [4.69, 9.17) is 22.6 Å². The van der Waals surface area contributed by atoms with Crippen molar-refractivity contribution in [1.82, 2.24) is 4.98 Å². The molecule has 0 saturated carbocycles. The Bertz CT molecular complexity index is 434. The van der Waals surface area contributed by atoms with Gasteiger partial charge in [-0.15, -0.1) is 0 Å². The zero-order valence-electron chi connectivity index (χ0n) is 7.07. The number of hydrogen-bond donors (Lipinski definition) is 1. The molecule has 70 valence electrons. The number of hydrogen-bond acceptors (Lipinski definition) is 3. The first-order chi connectivity index (χ1) is 6.63. The van der Waals surface area contributed by atoms with Gasteiger partial charge >= 0.3 is 0 Å². The van der Waals surface area contributed by atoms with Crippen LogP contribution in [0.1, 0.15) is 11.1 Å². The summed E-state index contributed by atoms with van der Waals surface area (Å²) in [6.07, 6.45) is 3.92. The Morgan fingerprint density at radius 3 is 3.00 bits per heavy atom. The van der Waals surface area contributed by atoms with E-state index in [-0.39, 0.29) is 5.15 Å². The number of halogens is 1. The quantitative estimate of drug-likeness (QED) is 0.583. The van der Waals surface area contributed by atoms with E-state index < -0.39 is 5.91 Å². The fourth-order valence-corrected chi connectivity index (χ4v) is 0.981. The molecule has 0 spiro atoms. The Morgan fingerprint density at radius 1 is 1.71 bits per heavy atom. The normalized spacial score (nSPS) is 10.0.